The van der Waals surface area contributed by atoms with Gasteiger partial charge in [-0.05, 0) is 19.8 Å². The fourth-order valence-electron chi connectivity index (χ4n) is 2.44. The summed E-state index contributed by atoms with van der Waals surface area (Å²) >= 11 is 0. The summed E-state index contributed by atoms with van der Waals surface area (Å²) in [6.45, 7) is 3.19. The van der Waals surface area contributed by atoms with Gasteiger partial charge in [-0.3, -0.25) is 19.6 Å². The molecule has 110 valence electrons. The predicted octanol–water partition coefficient (Wildman–Crippen LogP) is 1.11. The summed E-state index contributed by atoms with van der Waals surface area (Å²) < 4.78 is 6.44. The number of nitro groups is 1. The number of ether oxygens (including phenoxy) is 1. The monoisotopic (exact) mass is 282 g/mol. The lowest BCUT2D eigenvalue weighted by atomic mass is 9.98. The van der Waals surface area contributed by atoms with Crippen molar-refractivity contribution in [1.82, 2.24) is 9.78 Å². The minimum Gasteiger partial charge on any atom is -0.466 e. The molecule has 0 N–H and O–H groups in total. The van der Waals surface area contributed by atoms with Crippen molar-refractivity contribution in [3.63, 3.8) is 0 Å². The second-order valence-electron chi connectivity index (χ2n) is 4.81. The first kappa shape index (κ1) is 14.3. The molecule has 1 atom stereocenters. The molecule has 0 aliphatic carbocycles. The second kappa shape index (κ2) is 5.89. The van der Waals surface area contributed by atoms with Crippen molar-refractivity contribution in [3.05, 3.63) is 16.3 Å². The molecule has 0 bridgehead atoms. The Morgan fingerprint density at radius 2 is 2.40 bits per heavy atom. The highest BCUT2D eigenvalue weighted by Crippen LogP contribution is 2.30. The summed E-state index contributed by atoms with van der Waals surface area (Å²) in [5.41, 5.74) is -0.0305. The molecule has 1 fully saturated rings. The van der Waals surface area contributed by atoms with Crippen molar-refractivity contribution in [2.24, 2.45) is 13.0 Å². The third-order valence-corrected chi connectivity index (χ3v) is 3.33. The molecule has 2 heterocycles. The Kier molecular flexibility index (Phi) is 4.21. The molecule has 8 heteroatoms. The summed E-state index contributed by atoms with van der Waals surface area (Å²) in [7, 11) is 1.64. The highest BCUT2D eigenvalue weighted by atomic mass is 16.6. The van der Waals surface area contributed by atoms with Crippen molar-refractivity contribution >= 4 is 17.5 Å². The Morgan fingerprint density at radius 1 is 1.65 bits per heavy atom. The van der Waals surface area contributed by atoms with Crippen molar-refractivity contribution in [2.75, 3.05) is 24.6 Å². The van der Waals surface area contributed by atoms with Crippen LogP contribution < -0.4 is 4.90 Å². The van der Waals surface area contributed by atoms with Gasteiger partial charge in [0.2, 0.25) is 5.82 Å². The minimum atomic E-state index is -0.448. The van der Waals surface area contributed by atoms with E-state index in [2.05, 4.69) is 5.10 Å². The van der Waals surface area contributed by atoms with Gasteiger partial charge in [0.25, 0.3) is 0 Å². The number of hydrogen-bond donors (Lipinski definition) is 0. The van der Waals surface area contributed by atoms with Crippen LogP contribution in [-0.2, 0) is 16.6 Å². The fraction of sp³-hybridized carbons (Fsp3) is 0.667. The number of piperidine rings is 1. The molecule has 0 radical (unpaired) electrons. The third-order valence-electron chi connectivity index (χ3n) is 3.33. The van der Waals surface area contributed by atoms with E-state index in [-0.39, 0.29) is 17.6 Å². The Balaban J connectivity index is 2.16. The molecule has 0 spiro atoms. The zero-order valence-electron chi connectivity index (χ0n) is 11.6. The zero-order valence-corrected chi connectivity index (χ0v) is 11.6. The first-order chi connectivity index (χ1) is 9.52. The number of nitrogens with zero attached hydrogens (tertiary/aromatic N) is 4. The van der Waals surface area contributed by atoms with Crippen molar-refractivity contribution in [2.45, 2.75) is 19.8 Å². The van der Waals surface area contributed by atoms with Crippen LogP contribution in [0, 0.1) is 16.0 Å². The second-order valence-corrected chi connectivity index (χ2v) is 4.81. The molecule has 20 heavy (non-hydrogen) atoms. The number of anilines is 1. The summed E-state index contributed by atoms with van der Waals surface area (Å²) in [6, 6.07) is 0. The van der Waals surface area contributed by atoms with Gasteiger partial charge in [-0.2, -0.15) is 0 Å². The highest BCUT2D eigenvalue weighted by Gasteiger charge is 2.32. The number of carbonyl (C=O) groups is 1. The quantitative estimate of drug-likeness (QED) is 0.467. The fourth-order valence-corrected chi connectivity index (χ4v) is 2.44. The molecule has 1 unspecified atom stereocenters. The van der Waals surface area contributed by atoms with Gasteiger partial charge in [0.1, 0.15) is 6.20 Å². The van der Waals surface area contributed by atoms with Gasteiger partial charge in [0.15, 0.2) is 0 Å². The van der Waals surface area contributed by atoms with Gasteiger partial charge in [0.05, 0.1) is 17.4 Å². The molecule has 1 aromatic heterocycles. The Morgan fingerprint density at radius 3 is 3.05 bits per heavy atom. The number of esters is 1. The Labute approximate surface area is 116 Å². The lowest BCUT2D eigenvalue weighted by Crippen LogP contribution is -2.40. The first-order valence-corrected chi connectivity index (χ1v) is 6.62. The zero-order chi connectivity index (χ0) is 14.7. The van der Waals surface area contributed by atoms with E-state index in [1.54, 1.807) is 18.9 Å². The minimum absolute atomic E-state index is 0.0305. The predicted molar refractivity (Wildman–Crippen MR) is 71.4 cm³/mol. The molecule has 1 aromatic rings. The number of aromatic nitrogens is 2. The molecular formula is C12H18N4O4. The molecule has 1 saturated heterocycles. The van der Waals surface area contributed by atoms with E-state index in [0.29, 0.717) is 25.5 Å². The van der Waals surface area contributed by atoms with Gasteiger partial charge < -0.3 is 9.64 Å². The first-order valence-electron chi connectivity index (χ1n) is 6.62. The van der Waals surface area contributed by atoms with Crippen molar-refractivity contribution in [1.29, 1.82) is 0 Å². The van der Waals surface area contributed by atoms with Gasteiger partial charge in [-0.25, -0.2) is 0 Å². The Hall–Kier alpha value is -2.12. The summed E-state index contributed by atoms with van der Waals surface area (Å²) in [5.74, 6) is -0.160. The molecule has 1 aliphatic rings. The lowest BCUT2D eigenvalue weighted by Gasteiger charge is -2.31. The normalized spacial score (nSPS) is 18.9. The smallest absolute Gasteiger partial charge is 0.330 e. The van der Waals surface area contributed by atoms with Crippen LogP contribution in [0.5, 0.6) is 0 Å². The maximum atomic E-state index is 11.8. The molecule has 1 aliphatic heterocycles. The van der Waals surface area contributed by atoms with E-state index in [0.717, 1.165) is 12.8 Å². The van der Waals surface area contributed by atoms with E-state index in [4.69, 9.17) is 4.74 Å². The summed E-state index contributed by atoms with van der Waals surface area (Å²) in [4.78, 5) is 24.2. The van der Waals surface area contributed by atoms with Crippen LogP contribution in [0.1, 0.15) is 19.8 Å². The van der Waals surface area contributed by atoms with Gasteiger partial charge in [-0.1, -0.05) is 0 Å². The third kappa shape index (κ3) is 2.89. The highest BCUT2D eigenvalue weighted by molar-refractivity contribution is 5.74. The molecule has 0 saturated carbocycles. The van der Waals surface area contributed by atoms with Crippen LogP contribution in [0.15, 0.2) is 6.20 Å². The largest absolute Gasteiger partial charge is 0.466 e. The van der Waals surface area contributed by atoms with Gasteiger partial charge in [0, 0.05) is 20.1 Å². The molecular weight excluding hydrogens is 264 g/mol. The van der Waals surface area contributed by atoms with Crippen LogP contribution in [-0.4, -0.2) is 40.4 Å². The van der Waals surface area contributed by atoms with Crippen LogP contribution >= 0.6 is 0 Å². The van der Waals surface area contributed by atoms with E-state index < -0.39 is 4.92 Å². The standard InChI is InChI=1S/C12H18N4O4/c1-3-20-12(17)9-5-4-6-15(7-9)11-10(16(18)19)8-14(2)13-11/h8-9H,3-7H2,1-2H3. The van der Waals surface area contributed by atoms with E-state index in [9.17, 15) is 14.9 Å². The number of rotatable bonds is 4. The summed E-state index contributed by atoms with van der Waals surface area (Å²) in [6.07, 6.45) is 2.91. The van der Waals surface area contributed by atoms with Crippen LogP contribution in [0.4, 0.5) is 11.5 Å². The maximum absolute atomic E-state index is 11.8. The number of aryl methyl sites for hydroxylation is 1. The molecule has 2 rings (SSSR count). The van der Waals surface area contributed by atoms with E-state index in [1.165, 1.54) is 10.9 Å². The summed E-state index contributed by atoms with van der Waals surface area (Å²) in [5, 5.41) is 15.2. The molecule has 8 nitrogen and oxygen atoms in total. The van der Waals surface area contributed by atoms with Crippen molar-refractivity contribution < 1.29 is 14.5 Å². The van der Waals surface area contributed by atoms with Crippen LogP contribution in [0.25, 0.3) is 0 Å². The average molecular weight is 282 g/mol. The molecule has 0 aromatic carbocycles. The number of hydrogen-bond acceptors (Lipinski definition) is 6. The van der Waals surface area contributed by atoms with Crippen LogP contribution in [0.2, 0.25) is 0 Å². The SMILES string of the molecule is CCOC(=O)C1CCCN(c2nn(C)cc2[N+](=O)[O-])C1. The number of carbonyl (C=O) groups excluding carboxylic acids is 1. The Bertz CT molecular complexity index is 514. The molecule has 0 amide bonds. The van der Waals surface area contributed by atoms with Crippen molar-refractivity contribution in [3.8, 4) is 0 Å². The van der Waals surface area contributed by atoms with E-state index in [1.807, 2.05) is 0 Å². The van der Waals surface area contributed by atoms with Gasteiger partial charge in [-0.15, -0.1) is 5.10 Å². The van der Waals surface area contributed by atoms with E-state index >= 15 is 0 Å². The van der Waals surface area contributed by atoms with Crippen LogP contribution in [0.3, 0.4) is 0 Å². The average Bonchev–Trinajstić information content (AvgIpc) is 2.81. The maximum Gasteiger partial charge on any atom is 0.330 e. The lowest BCUT2D eigenvalue weighted by molar-refractivity contribution is -0.384. The topological polar surface area (TPSA) is 90.5 Å². The van der Waals surface area contributed by atoms with Gasteiger partial charge >= 0.3 is 11.7 Å².